The van der Waals surface area contributed by atoms with Crippen molar-refractivity contribution in [1.29, 1.82) is 0 Å². The molecule has 2 heterocycles. The number of nitrogens with one attached hydrogen (secondary N) is 1. The Morgan fingerprint density at radius 3 is 2.53 bits per heavy atom. The number of amides is 1. The van der Waals surface area contributed by atoms with E-state index >= 15 is 0 Å². The van der Waals surface area contributed by atoms with E-state index in [4.69, 9.17) is 4.74 Å². The molecular weight excluding hydrogens is 443 g/mol. The van der Waals surface area contributed by atoms with Gasteiger partial charge in [0.1, 0.15) is 5.75 Å². The van der Waals surface area contributed by atoms with Crippen LogP contribution in [0.15, 0.2) is 42.5 Å². The highest BCUT2D eigenvalue weighted by molar-refractivity contribution is 5.82. The zero-order valence-corrected chi connectivity index (χ0v) is 19.9. The summed E-state index contributed by atoms with van der Waals surface area (Å²) in [5.41, 5.74) is 1.77. The smallest absolute Gasteiger partial charge is 0.416 e. The summed E-state index contributed by atoms with van der Waals surface area (Å²) in [5.74, 6) is 0.717. The van der Waals surface area contributed by atoms with Gasteiger partial charge in [-0.15, -0.1) is 0 Å². The molecule has 0 aromatic heterocycles. The summed E-state index contributed by atoms with van der Waals surface area (Å²) in [6, 6.07) is 11.6. The molecule has 1 N–H and O–H groups in total. The lowest BCUT2D eigenvalue weighted by molar-refractivity contribution is -0.137. The van der Waals surface area contributed by atoms with E-state index in [0.29, 0.717) is 44.1 Å². The summed E-state index contributed by atoms with van der Waals surface area (Å²) in [6.07, 6.45) is -3.25. The van der Waals surface area contributed by atoms with E-state index in [1.165, 1.54) is 6.07 Å². The Morgan fingerprint density at radius 1 is 1.15 bits per heavy atom. The number of methoxy groups -OCH3 is 1. The predicted molar refractivity (Wildman–Crippen MR) is 127 cm³/mol. The second kappa shape index (κ2) is 9.76. The third-order valence-electron chi connectivity index (χ3n) is 6.83. The molecular formula is C26H32F3N3O2. The first-order valence-corrected chi connectivity index (χ1v) is 11.8. The Hall–Kier alpha value is -2.90. The largest absolute Gasteiger partial charge is 0.497 e. The van der Waals surface area contributed by atoms with Crippen LogP contribution in [0.3, 0.4) is 0 Å². The maximum atomic E-state index is 13.4. The lowest BCUT2D eigenvalue weighted by atomic mass is 9.82. The quantitative estimate of drug-likeness (QED) is 0.655. The Labute approximate surface area is 198 Å². The van der Waals surface area contributed by atoms with Crippen molar-refractivity contribution in [2.75, 3.05) is 43.1 Å². The lowest BCUT2D eigenvalue weighted by Crippen LogP contribution is -2.61. The highest BCUT2D eigenvalue weighted by Gasteiger charge is 2.42. The van der Waals surface area contributed by atoms with Crippen LogP contribution in [0.1, 0.15) is 31.4 Å². The molecule has 2 aromatic rings. The molecule has 2 aliphatic heterocycles. The number of hydrogen-bond donors (Lipinski definition) is 1. The first-order valence-electron chi connectivity index (χ1n) is 11.8. The molecule has 34 heavy (non-hydrogen) atoms. The highest BCUT2D eigenvalue weighted by Crippen LogP contribution is 2.40. The van der Waals surface area contributed by atoms with Gasteiger partial charge in [0.05, 0.1) is 24.6 Å². The van der Waals surface area contributed by atoms with Gasteiger partial charge in [0.15, 0.2) is 0 Å². The number of hydrogen-bond acceptors (Lipinski definition) is 4. The van der Waals surface area contributed by atoms with E-state index in [0.717, 1.165) is 29.6 Å². The van der Waals surface area contributed by atoms with Crippen molar-refractivity contribution in [3.63, 3.8) is 0 Å². The Bertz CT molecular complexity index is 1010. The number of alkyl halides is 3. The van der Waals surface area contributed by atoms with Gasteiger partial charge in [-0.2, -0.15) is 13.2 Å². The van der Waals surface area contributed by atoms with Gasteiger partial charge in [0.25, 0.3) is 0 Å². The summed E-state index contributed by atoms with van der Waals surface area (Å²) in [6.45, 7) is 6.72. The average molecular weight is 476 g/mol. The van der Waals surface area contributed by atoms with Gasteiger partial charge < -0.3 is 19.9 Å². The van der Waals surface area contributed by atoms with Crippen molar-refractivity contribution in [2.45, 2.75) is 38.9 Å². The third kappa shape index (κ3) is 5.10. The fraction of sp³-hybridized carbons (Fsp3) is 0.500. The number of fused-ring (bicyclic) bond motifs is 3. The number of nitrogens with zero attached hydrogens (tertiary/aromatic N) is 2. The zero-order valence-electron chi connectivity index (χ0n) is 19.9. The number of carbonyl (C=O) groups is 1. The van der Waals surface area contributed by atoms with Crippen LogP contribution < -0.4 is 19.9 Å². The molecule has 0 spiro atoms. The van der Waals surface area contributed by atoms with E-state index in [9.17, 15) is 18.0 Å². The van der Waals surface area contributed by atoms with E-state index in [2.05, 4.69) is 29.0 Å². The number of benzene rings is 2. The summed E-state index contributed by atoms with van der Waals surface area (Å²) in [4.78, 5) is 17.6. The predicted octanol–water partition coefficient (Wildman–Crippen LogP) is 4.74. The summed E-state index contributed by atoms with van der Waals surface area (Å²) < 4.78 is 45.4. The number of ether oxygens (including phenoxy) is 1. The minimum absolute atomic E-state index is 0.0877. The lowest BCUT2D eigenvalue weighted by Gasteiger charge is -2.49. The van der Waals surface area contributed by atoms with E-state index < -0.39 is 17.7 Å². The molecule has 2 aliphatic rings. The van der Waals surface area contributed by atoms with Crippen molar-refractivity contribution in [3.8, 4) is 5.75 Å². The molecule has 8 heteroatoms. The molecule has 4 rings (SSSR count). The van der Waals surface area contributed by atoms with Crippen LogP contribution in [0.4, 0.5) is 24.5 Å². The van der Waals surface area contributed by atoms with E-state index in [1.54, 1.807) is 13.2 Å². The molecule has 0 aliphatic carbocycles. The van der Waals surface area contributed by atoms with Gasteiger partial charge in [-0.3, -0.25) is 4.79 Å². The summed E-state index contributed by atoms with van der Waals surface area (Å²) >= 11 is 0. The average Bonchev–Trinajstić information content (AvgIpc) is 2.82. The van der Waals surface area contributed by atoms with Crippen molar-refractivity contribution in [3.05, 3.63) is 53.6 Å². The maximum Gasteiger partial charge on any atom is 0.416 e. The Kier molecular flexibility index (Phi) is 6.96. The fourth-order valence-electron chi connectivity index (χ4n) is 4.94. The molecule has 0 saturated carbocycles. The number of rotatable bonds is 6. The van der Waals surface area contributed by atoms with Gasteiger partial charge in [0.2, 0.25) is 5.91 Å². The molecule has 1 amide bonds. The van der Waals surface area contributed by atoms with Crippen LogP contribution in [0, 0.1) is 11.8 Å². The van der Waals surface area contributed by atoms with Crippen molar-refractivity contribution in [1.82, 2.24) is 5.32 Å². The summed E-state index contributed by atoms with van der Waals surface area (Å²) in [7, 11) is 1.62. The molecule has 2 atom stereocenters. The second-order valence-electron chi connectivity index (χ2n) is 9.53. The molecule has 1 fully saturated rings. The van der Waals surface area contributed by atoms with Crippen molar-refractivity contribution >= 4 is 17.3 Å². The van der Waals surface area contributed by atoms with Gasteiger partial charge in [-0.1, -0.05) is 13.8 Å². The van der Waals surface area contributed by atoms with Crippen LogP contribution >= 0.6 is 0 Å². The standard InChI is InChI=1S/C26H32F3N3O2/c1-17(2)10-11-30-25(33)22-15-18-14-19(26(27,28)29)4-9-23(18)32-13-12-31(16-24(22)32)20-5-7-21(34-3)8-6-20/h4-9,14,17,22,24H,10-13,15-16H2,1-3H3,(H,30,33). The third-order valence-corrected chi connectivity index (χ3v) is 6.83. The Morgan fingerprint density at radius 2 is 1.88 bits per heavy atom. The number of carbonyl (C=O) groups excluding carboxylic acids is 1. The van der Waals surface area contributed by atoms with Crippen LogP contribution in [0.2, 0.25) is 0 Å². The topological polar surface area (TPSA) is 44.8 Å². The SMILES string of the molecule is COc1ccc(N2CCN3c4ccc(C(F)(F)F)cc4CC(C(=O)NCCC(C)C)C3C2)cc1. The monoisotopic (exact) mass is 475 g/mol. The van der Waals surface area contributed by atoms with Gasteiger partial charge in [0, 0.05) is 37.6 Å². The first-order chi connectivity index (χ1) is 16.2. The van der Waals surface area contributed by atoms with Gasteiger partial charge in [-0.25, -0.2) is 0 Å². The molecule has 0 radical (unpaired) electrons. The normalized spacial score (nSPS) is 20.1. The molecule has 2 aromatic carbocycles. The van der Waals surface area contributed by atoms with Crippen molar-refractivity contribution < 1.29 is 22.7 Å². The van der Waals surface area contributed by atoms with Gasteiger partial charge >= 0.3 is 6.18 Å². The van der Waals surface area contributed by atoms with Crippen LogP contribution in [0.25, 0.3) is 0 Å². The number of halogens is 3. The fourth-order valence-corrected chi connectivity index (χ4v) is 4.94. The van der Waals surface area contributed by atoms with Crippen molar-refractivity contribution in [2.24, 2.45) is 11.8 Å². The zero-order chi connectivity index (χ0) is 24.5. The van der Waals surface area contributed by atoms with Crippen LogP contribution in [-0.2, 0) is 17.4 Å². The number of anilines is 2. The molecule has 2 unspecified atom stereocenters. The van der Waals surface area contributed by atoms with E-state index in [-0.39, 0.29) is 11.9 Å². The molecule has 1 saturated heterocycles. The van der Waals surface area contributed by atoms with Gasteiger partial charge in [-0.05, 0) is 66.8 Å². The minimum atomic E-state index is -4.41. The first kappa shape index (κ1) is 24.2. The van der Waals surface area contributed by atoms with Crippen LogP contribution in [-0.4, -0.2) is 45.2 Å². The van der Waals surface area contributed by atoms with Crippen LogP contribution in [0.5, 0.6) is 5.75 Å². The Balaban J connectivity index is 1.62. The molecule has 184 valence electrons. The molecule has 0 bridgehead atoms. The summed E-state index contributed by atoms with van der Waals surface area (Å²) in [5, 5.41) is 3.04. The molecule has 5 nitrogen and oxygen atoms in total. The number of piperazine rings is 1. The minimum Gasteiger partial charge on any atom is -0.497 e. The second-order valence-corrected chi connectivity index (χ2v) is 9.53. The van der Waals surface area contributed by atoms with E-state index in [1.807, 2.05) is 24.3 Å². The maximum absolute atomic E-state index is 13.4. The highest BCUT2D eigenvalue weighted by atomic mass is 19.4.